The zero-order valence-corrected chi connectivity index (χ0v) is 7.72. The van der Waals surface area contributed by atoms with Gasteiger partial charge in [-0.15, -0.1) is 0 Å². The lowest BCUT2D eigenvalue weighted by Crippen LogP contribution is -2.16. The highest BCUT2D eigenvalue weighted by atomic mass is 15.0. The first kappa shape index (κ1) is 11.4. The van der Waals surface area contributed by atoms with Crippen LogP contribution in [0.3, 0.4) is 0 Å². The van der Waals surface area contributed by atoms with Gasteiger partial charge in [-0.3, -0.25) is 0 Å². The van der Waals surface area contributed by atoms with E-state index in [1.54, 1.807) is 0 Å². The molecule has 1 aliphatic rings. The lowest BCUT2D eigenvalue weighted by atomic mass is 9.99. The third-order valence-corrected chi connectivity index (χ3v) is 2.00. The molecule has 1 heteroatoms. The minimum atomic E-state index is 0. The van der Waals surface area contributed by atoms with Crippen LogP contribution in [0.1, 0.15) is 27.2 Å². The van der Waals surface area contributed by atoms with Crippen molar-refractivity contribution in [1.29, 1.82) is 0 Å². The fraction of sp³-hybridized carbons (Fsp3) is 0.636. The Balaban J connectivity index is 0.00000121. The SMILES string of the molecule is C.CC1=CCCC=C1CN(C)C. The minimum absolute atomic E-state index is 0. The molecule has 0 spiro atoms. The van der Waals surface area contributed by atoms with Gasteiger partial charge in [0.1, 0.15) is 0 Å². The number of nitrogens with zero attached hydrogens (tertiary/aromatic N) is 1. The number of allylic oxidation sites excluding steroid dienone is 2. The Bertz CT molecular complexity index is 187. The largest absolute Gasteiger partial charge is 0.305 e. The number of hydrogen-bond donors (Lipinski definition) is 0. The predicted molar refractivity (Wildman–Crippen MR) is 56.4 cm³/mol. The molecule has 1 nitrogen and oxygen atoms in total. The van der Waals surface area contributed by atoms with Gasteiger partial charge < -0.3 is 4.90 Å². The number of rotatable bonds is 2. The van der Waals surface area contributed by atoms with Crippen LogP contribution in [0.5, 0.6) is 0 Å². The summed E-state index contributed by atoms with van der Waals surface area (Å²) in [5.41, 5.74) is 2.96. The second-order valence-electron chi connectivity index (χ2n) is 3.43. The Kier molecular flexibility index (Phi) is 4.91. The lowest BCUT2D eigenvalue weighted by Gasteiger charge is -2.16. The lowest BCUT2D eigenvalue weighted by molar-refractivity contribution is 0.446. The van der Waals surface area contributed by atoms with E-state index in [-0.39, 0.29) is 7.43 Å². The summed E-state index contributed by atoms with van der Waals surface area (Å²) in [6, 6.07) is 0. The van der Waals surface area contributed by atoms with Gasteiger partial charge in [-0.05, 0) is 39.4 Å². The molecule has 0 aromatic carbocycles. The van der Waals surface area contributed by atoms with Crippen LogP contribution in [-0.2, 0) is 0 Å². The van der Waals surface area contributed by atoms with Crippen LogP contribution in [0, 0.1) is 0 Å². The van der Waals surface area contributed by atoms with Crippen molar-refractivity contribution in [3.8, 4) is 0 Å². The predicted octanol–water partition coefficient (Wildman–Crippen LogP) is 2.85. The summed E-state index contributed by atoms with van der Waals surface area (Å²) in [4.78, 5) is 2.22. The van der Waals surface area contributed by atoms with Crippen molar-refractivity contribution in [2.45, 2.75) is 27.2 Å². The van der Waals surface area contributed by atoms with Crippen LogP contribution < -0.4 is 0 Å². The molecule has 70 valence electrons. The summed E-state index contributed by atoms with van der Waals surface area (Å²) in [6.45, 7) is 3.29. The molecule has 0 amide bonds. The van der Waals surface area contributed by atoms with Gasteiger partial charge in [0.25, 0.3) is 0 Å². The Labute approximate surface area is 76.8 Å². The first-order valence-electron chi connectivity index (χ1n) is 4.21. The maximum Gasteiger partial charge on any atom is 0.0226 e. The summed E-state index contributed by atoms with van der Waals surface area (Å²) in [5, 5.41) is 0. The fourth-order valence-corrected chi connectivity index (χ4v) is 1.38. The molecule has 0 fully saturated rings. The van der Waals surface area contributed by atoms with Gasteiger partial charge in [0.15, 0.2) is 0 Å². The zero-order chi connectivity index (χ0) is 8.27. The average Bonchev–Trinajstić information content (AvgIpc) is 1.93. The van der Waals surface area contributed by atoms with E-state index in [4.69, 9.17) is 0 Å². The summed E-state index contributed by atoms with van der Waals surface area (Å²) in [6.07, 6.45) is 7.14. The molecule has 0 aromatic heterocycles. The van der Waals surface area contributed by atoms with Gasteiger partial charge in [-0.1, -0.05) is 25.2 Å². The van der Waals surface area contributed by atoms with Crippen molar-refractivity contribution in [3.63, 3.8) is 0 Å². The molecule has 0 heterocycles. The fourth-order valence-electron chi connectivity index (χ4n) is 1.38. The Morgan fingerprint density at radius 1 is 1.25 bits per heavy atom. The number of likely N-dealkylation sites (N-methyl/N-ethyl adjacent to an activating group) is 1. The maximum atomic E-state index is 2.36. The first-order chi connectivity index (χ1) is 5.20. The van der Waals surface area contributed by atoms with E-state index in [0.29, 0.717) is 0 Å². The Hall–Kier alpha value is -0.560. The summed E-state index contributed by atoms with van der Waals surface area (Å²) in [7, 11) is 4.23. The van der Waals surface area contributed by atoms with Gasteiger partial charge in [0.2, 0.25) is 0 Å². The highest BCUT2D eigenvalue weighted by Crippen LogP contribution is 2.17. The monoisotopic (exact) mass is 167 g/mol. The highest BCUT2D eigenvalue weighted by molar-refractivity contribution is 5.32. The molecule has 12 heavy (non-hydrogen) atoms. The molecular weight excluding hydrogens is 146 g/mol. The summed E-state index contributed by atoms with van der Waals surface area (Å²) >= 11 is 0. The number of hydrogen-bond acceptors (Lipinski definition) is 1. The molecule has 0 bridgehead atoms. The molecule has 0 aliphatic heterocycles. The molecule has 0 unspecified atom stereocenters. The van der Waals surface area contributed by atoms with Crippen LogP contribution in [-0.4, -0.2) is 25.5 Å². The molecule has 0 N–H and O–H groups in total. The van der Waals surface area contributed by atoms with Crippen LogP contribution in [0.15, 0.2) is 23.3 Å². The second-order valence-corrected chi connectivity index (χ2v) is 3.43. The van der Waals surface area contributed by atoms with E-state index in [2.05, 4.69) is 38.1 Å². The smallest absolute Gasteiger partial charge is 0.0226 e. The van der Waals surface area contributed by atoms with Crippen LogP contribution in [0.4, 0.5) is 0 Å². The molecule has 1 aliphatic carbocycles. The van der Waals surface area contributed by atoms with Crippen molar-refractivity contribution in [1.82, 2.24) is 4.90 Å². The second kappa shape index (κ2) is 5.15. The zero-order valence-electron chi connectivity index (χ0n) is 7.72. The van der Waals surface area contributed by atoms with Gasteiger partial charge in [-0.2, -0.15) is 0 Å². The summed E-state index contributed by atoms with van der Waals surface area (Å²) in [5.74, 6) is 0. The van der Waals surface area contributed by atoms with Crippen LogP contribution >= 0.6 is 0 Å². The van der Waals surface area contributed by atoms with E-state index in [9.17, 15) is 0 Å². The Morgan fingerprint density at radius 3 is 2.33 bits per heavy atom. The quantitative estimate of drug-likeness (QED) is 0.611. The van der Waals surface area contributed by atoms with Crippen molar-refractivity contribution in [2.75, 3.05) is 20.6 Å². The minimum Gasteiger partial charge on any atom is -0.305 e. The van der Waals surface area contributed by atoms with E-state index < -0.39 is 0 Å². The standard InChI is InChI=1S/C10H17N.CH4/c1-9-6-4-5-7-10(9)8-11(2)3;/h6-7H,4-5,8H2,1-3H3;1H4. The molecule has 0 saturated heterocycles. The normalized spacial score (nSPS) is 16.7. The van der Waals surface area contributed by atoms with Gasteiger partial charge >= 0.3 is 0 Å². The van der Waals surface area contributed by atoms with Crippen LogP contribution in [0.2, 0.25) is 0 Å². The van der Waals surface area contributed by atoms with Crippen LogP contribution in [0.25, 0.3) is 0 Å². The summed E-state index contributed by atoms with van der Waals surface area (Å²) < 4.78 is 0. The molecule has 0 atom stereocenters. The van der Waals surface area contributed by atoms with E-state index in [0.717, 1.165) is 6.54 Å². The molecule has 0 aromatic rings. The topological polar surface area (TPSA) is 3.24 Å². The average molecular weight is 167 g/mol. The van der Waals surface area contributed by atoms with E-state index in [1.165, 1.54) is 24.0 Å². The molecular formula is C11H21N. The highest BCUT2D eigenvalue weighted by Gasteiger charge is 2.04. The third-order valence-electron chi connectivity index (χ3n) is 2.00. The van der Waals surface area contributed by atoms with Gasteiger partial charge in [0.05, 0.1) is 0 Å². The van der Waals surface area contributed by atoms with Crippen molar-refractivity contribution >= 4 is 0 Å². The molecule has 0 radical (unpaired) electrons. The maximum absolute atomic E-state index is 2.36. The van der Waals surface area contributed by atoms with Crippen molar-refractivity contribution in [2.24, 2.45) is 0 Å². The van der Waals surface area contributed by atoms with E-state index in [1.807, 2.05) is 0 Å². The molecule has 0 saturated carbocycles. The van der Waals surface area contributed by atoms with Gasteiger partial charge in [-0.25, -0.2) is 0 Å². The third kappa shape index (κ3) is 3.22. The Morgan fingerprint density at radius 2 is 1.83 bits per heavy atom. The van der Waals surface area contributed by atoms with Crippen molar-refractivity contribution in [3.05, 3.63) is 23.3 Å². The van der Waals surface area contributed by atoms with Gasteiger partial charge in [0, 0.05) is 6.54 Å². The molecule has 1 rings (SSSR count). The first-order valence-corrected chi connectivity index (χ1v) is 4.21. The van der Waals surface area contributed by atoms with E-state index >= 15 is 0 Å². The van der Waals surface area contributed by atoms with Crippen molar-refractivity contribution < 1.29 is 0 Å².